The second-order valence-corrected chi connectivity index (χ2v) is 7.10. The Morgan fingerprint density at radius 3 is 2.56 bits per heavy atom. The maximum Gasteiger partial charge on any atom is 0.275 e. The minimum Gasteiger partial charge on any atom is -0.385 e. The lowest BCUT2D eigenvalue weighted by Gasteiger charge is -2.08. The Labute approximate surface area is 198 Å². The molecule has 10 nitrogen and oxygen atoms in total. The summed E-state index contributed by atoms with van der Waals surface area (Å²) in [7, 11) is 3.21. The highest BCUT2D eigenvalue weighted by atomic mass is 16.5. The molecule has 0 aliphatic carbocycles. The lowest BCUT2D eigenvalue weighted by molar-refractivity contribution is 0.0934. The number of aromatic nitrogens is 5. The van der Waals surface area contributed by atoms with E-state index >= 15 is 0 Å². The molecule has 0 saturated heterocycles. The summed E-state index contributed by atoms with van der Waals surface area (Å²) >= 11 is 0. The lowest BCUT2D eigenvalue weighted by atomic mass is 10.2. The van der Waals surface area contributed by atoms with E-state index in [4.69, 9.17) is 4.74 Å². The van der Waals surface area contributed by atoms with Crippen LogP contribution < -0.4 is 10.6 Å². The van der Waals surface area contributed by atoms with E-state index in [0.29, 0.717) is 31.2 Å². The fraction of sp³-hybridized carbons (Fsp3) is 0.292. The third kappa shape index (κ3) is 5.65. The minimum atomic E-state index is -0.487. The monoisotopic (exact) mass is 463 g/mol. The number of fused-ring (bicyclic) bond motifs is 1. The standard InChI is InChI=1S/C22H23N7O3.C2H6/c1-28-19(16(13-24-28)20(30)23-10-6-12-32-2)21(31)26-18-9-11-29-14-17(25-22(29)27-18)15-7-4-3-5-8-15;1-2/h3-5,7-9,11,13-14H,6,10,12H2,1-2H3,(H,23,30)(H,25,26,27,31);1-2H3. The number of hydrogen-bond donors (Lipinski definition) is 2. The molecule has 34 heavy (non-hydrogen) atoms. The number of amides is 2. The molecule has 0 saturated carbocycles. The van der Waals surface area contributed by atoms with Crippen LogP contribution in [0, 0.1) is 0 Å². The van der Waals surface area contributed by atoms with Gasteiger partial charge >= 0.3 is 0 Å². The summed E-state index contributed by atoms with van der Waals surface area (Å²) in [6.45, 7) is 4.97. The number of benzene rings is 1. The van der Waals surface area contributed by atoms with Gasteiger partial charge in [-0.2, -0.15) is 10.1 Å². The number of nitrogens with one attached hydrogen (secondary N) is 2. The number of anilines is 1. The minimum absolute atomic E-state index is 0.143. The van der Waals surface area contributed by atoms with E-state index in [1.807, 2.05) is 50.4 Å². The molecular weight excluding hydrogens is 434 g/mol. The average molecular weight is 464 g/mol. The fourth-order valence-electron chi connectivity index (χ4n) is 3.25. The molecule has 2 amide bonds. The summed E-state index contributed by atoms with van der Waals surface area (Å²) in [4.78, 5) is 34.4. The van der Waals surface area contributed by atoms with Crippen LogP contribution in [0.15, 0.2) is 55.0 Å². The molecule has 4 rings (SSSR count). The Morgan fingerprint density at radius 2 is 1.82 bits per heavy atom. The van der Waals surface area contributed by atoms with Crippen LogP contribution in [0.3, 0.4) is 0 Å². The van der Waals surface area contributed by atoms with Crippen LogP contribution in [-0.4, -0.2) is 56.2 Å². The number of methoxy groups -OCH3 is 1. The molecule has 2 N–H and O–H groups in total. The number of carbonyl (C=O) groups excluding carboxylic acids is 2. The highest BCUT2D eigenvalue weighted by Crippen LogP contribution is 2.19. The molecule has 0 fully saturated rings. The van der Waals surface area contributed by atoms with Gasteiger partial charge in [-0.15, -0.1) is 0 Å². The van der Waals surface area contributed by atoms with Crippen LogP contribution in [0.2, 0.25) is 0 Å². The first-order chi connectivity index (χ1) is 16.6. The van der Waals surface area contributed by atoms with E-state index < -0.39 is 5.91 Å². The molecule has 0 spiro atoms. The summed E-state index contributed by atoms with van der Waals surface area (Å²) in [6.07, 6.45) is 5.68. The van der Waals surface area contributed by atoms with Crippen LogP contribution in [0.4, 0.5) is 5.82 Å². The zero-order valence-electron chi connectivity index (χ0n) is 19.8. The number of ether oxygens (including phenoxy) is 1. The maximum atomic E-state index is 12.9. The van der Waals surface area contributed by atoms with Crippen molar-refractivity contribution in [3.63, 3.8) is 0 Å². The highest BCUT2D eigenvalue weighted by molar-refractivity contribution is 6.10. The predicted octanol–water partition coefficient (Wildman–Crippen LogP) is 3.17. The molecule has 0 bridgehead atoms. The molecule has 0 radical (unpaired) electrons. The number of nitrogens with zero attached hydrogens (tertiary/aromatic N) is 5. The Kier molecular flexibility index (Phi) is 8.47. The smallest absolute Gasteiger partial charge is 0.275 e. The van der Waals surface area contributed by atoms with Gasteiger partial charge in [0.25, 0.3) is 11.8 Å². The molecule has 3 aromatic heterocycles. The van der Waals surface area contributed by atoms with E-state index in [9.17, 15) is 9.59 Å². The van der Waals surface area contributed by atoms with E-state index in [1.165, 1.54) is 10.9 Å². The molecule has 0 unspecified atom stereocenters. The zero-order chi connectivity index (χ0) is 24.5. The van der Waals surface area contributed by atoms with E-state index in [0.717, 1.165) is 11.3 Å². The van der Waals surface area contributed by atoms with Gasteiger partial charge in [0.05, 0.1) is 17.5 Å². The van der Waals surface area contributed by atoms with Crippen LogP contribution in [0.5, 0.6) is 0 Å². The first-order valence-electron chi connectivity index (χ1n) is 11.1. The second kappa shape index (κ2) is 11.7. The predicted molar refractivity (Wildman–Crippen MR) is 130 cm³/mol. The van der Waals surface area contributed by atoms with Crippen LogP contribution in [0.1, 0.15) is 41.1 Å². The van der Waals surface area contributed by atoms with Crippen molar-refractivity contribution in [3.8, 4) is 11.3 Å². The first-order valence-corrected chi connectivity index (χ1v) is 11.1. The molecule has 0 aliphatic rings. The van der Waals surface area contributed by atoms with Gasteiger partial charge in [0.2, 0.25) is 5.78 Å². The average Bonchev–Trinajstić information content (AvgIpc) is 3.47. The third-order valence-corrected chi connectivity index (χ3v) is 4.85. The van der Waals surface area contributed by atoms with Crippen LogP contribution in [0.25, 0.3) is 17.0 Å². The van der Waals surface area contributed by atoms with Gasteiger partial charge in [0.1, 0.15) is 11.5 Å². The van der Waals surface area contributed by atoms with Gasteiger partial charge in [-0.1, -0.05) is 44.2 Å². The molecule has 3 heterocycles. The van der Waals surface area contributed by atoms with Crippen molar-refractivity contribution in [2.24, 2.45) is 7.05 Å². The molecular formula is C24H29N7O3. The van der Waals surface area contributed by atoms with Crippen molar-refractivity contribution < 1.29 is 14.3 Å². The Morgan fingerprint density at radius 1 is 1.06 bits per heavy atom. The molecule has 4 aromatic rings. The van der Waals surface area contributed by atoms with E-state index in [-0.39, 0.29) is 17.2 Å². The summed E-state index contributed by atoms with van der Waals surface area (Å²) in [6, 6.07) is 11.4. The van der Waals surface area contributed by atoms with E-state index in [1.54, 1.807) is 30.8 Å². The van der Waals surface area contributed by atoms with Crippen molar-refractivity contribution in [1.82, 2.24) is 29.5 Å². The number of rotatable bonds is 8. The molecule has 178 valence electrons. The summed E-state index contributed by atoms with van der Waals surface area (Å²) in [5, 5.41) is 9.57. The number of hydrogen-bond acceptors (Lipinski definition) is 6. The van der Waals surface area contributed by atoms with Crippen LogP contribution >= 0.6 is 0 Å². The van der Waals surface area contributed by atoms with Crippen molar-refractivity contribution >= 4 is 23.4 Å². The SMILES string of the molecule is CC.COCCCNC(=O)c1cnn(C)c1C(=O)Nc1ccn2cc(-c3ccccc3)nc2n1. The summed E-state index contributed by atoms with van der Waals surface area (Å²) in [5.41, 5.74) is 2.08. The largest absolute Gasteiger partial charge is 0.385 e. The first kappa shape index (κ1) is 24.6. The highest BCUT2D eigenvalue weighted by Gasteiger charge is 2.22. The van der Waals surface area contributed by atoms with Gasteiger partial charge in [0.15, 0.2) is 0 Å². The Balaban J connectivity index is 0.00000158. The summed E-state index contributed by atoms with van der Waals surface area (Å²) in [5.74, 6) is -0.0922. The van der Waals surface area contributed by atoms with Gasteiger partial charge in [-0.3, -0.25) is 18.7 Å². The second-order valence-electron chi connectivity index (χ2n) is 7.10. The lowest BCUT2D eigenvalue weighted by Crippen LogP contribution is -2.28. The van der Waals surface area contributed by atoms with Crippen molar-refractivity contribution in [3.05, 3.63) is 66.2 Å². The number of aryl methyl sites for hydroxylation is 1. The van der Waals surface area contributed by atoms with Crippen molar-refractivity contribution in [2.45, 2.75) is 20.3 Å². The number of carbonyl (C=O) groups is 2. The topological polar surface area (TPSA) is 115 Å². The molecule has 1 aromatic carbocycles. The maximum absolute atomic E-state index is 12.9. The van der Waals surface area contributed by atoms with Gasteiger partial charge in [0, 0.05) is 45.3 Å². The zero-order valence-corrected chi connectivity index (χ0v) is 19.8. The third-order valence-electron chi connectivity index (χ3n) is 4.85. The van der Waals surface area contributed by atoms with E-state index in [2.05, 4.69) is 25.7 Å². The Bertz CT molecular complexity index is 1250. The van der Waals surface area contributed by atoms with Crippen LogP contribution in [-0.2, 0) is 11.8 Å². The molecule has 0 atom stereocenters. The van der Waals surface area contributed by atoms with Crippen molar-refractivity contribution in [2.75, 3.05) is 25.6 Å². The van der Waals surface area contributed by atoms with Crippen molar-refractivity contribution in [1.29, 1.82) is 0 Å². The molecule has 10 heteroatoms. The normalized spacial score (nSPS) is 10.5. The van der Waals surface area contributed by atoms with Gasteiger partial charge < -0.3 is 15.4 Å². The van der Waals surface area contributed by atoms with Gasteiger partial charge in [-0.25, -0.2) is 4.98 Å². The Hall–Kier alpha value is -4.05. The molecule has 0 aliphatic heterocycles. The fourth-order valence-corrected chi connectivity index (χ4v) is 3.25. The van der Waals surface area contributed by atoms with Gasteiger partial charge in [-0.05, 0) is 12.5 Å². The number of imidazole rings is 1. The summed E-state index contributed by atoms with van der Waals surface area (Å²) < 4.78 is 8.11. The quantitative estimate of drug-likeness (QED) is 0.388.